The molecule has 2 heterocycles. The van der Waals surface area contributed by atoms with Crippen LogP contribution in [-0.4, -0.2) is 14.5 Å². The number of rotatable bonds is 1. The van der Waals surface area contributed by atoms with Crippen LogP contribution in [0.5, 0.6) is 0 Å². The van der Waals surface area contributed by atoms with Crippen molar-refractivity contribution < 1.29 is 0 Å². The van der Waals surface area contributed by atoms with Gasteiger partial charge < -0.3 is 16.0 Å². The Labute approximate surface area is 116 Å². The number of anilines is 2. The lowest BCUT2D eigenvalue weighted by Crippen LogP contribution is -2.03. The topological polar surface area (TPSA) is 82.8 Å². The number of fused-ring (bicyclic) bond motifs is 3. The van der Waals surface area contributed by atoms with E-state index < -0.39 is 0 Å². The molecule has 0 saturated carbocycles. The first-order valence-corrected chi connectivity index (χ1v) is 6.74. The maximum atomic E-state index is 6.09. The minimum absolute atomic E-state index is 0.520. The SMILES string of the molecule is Nc1cccc(-n2c3c(c4ncnc(N)c42)CCC3)c1. The molecule has 0 bridgehead atoms. The van der Waals surface area contributed by atoms with E-state index in [0.29, 0.717) is 5.82 Å². The van der Waals surface area contributed by atoms with Crippen molar-refractivity contribution in [3.8, 4) is 5.69 Å². The van der Waals surface area contributed by atoms with E-state index in [1.165, 1.54) is 11.3 Å². The second kappa shape index (κ2) is 3.96. The quantitative estimate of drug-likeness (QED) is 0.660. The van der Waals surface area contributed by atoms with Crippen molar-refractivity contribution in [2.24, 2.45) is 0 Å². The molecule has 2 aromatic heterocycles. The fourth-order valence-corrected chi connectivity index (χ4v) is 3.15. The van der Waals surface area contributed by atoms with Crippen LogP contribution in [0.25, 0.3) is 16.7 Å². The number of hydrogen-bond donors (Lipinski definition) is 2. The summed E-state index contributed by atoms with van der Waals surface area (Å²) in [6.07, 6.45) is 4.80. The van der Waals surface area contributed by atoms with Crippen LogP contribution in [-0.2, 0) is 12.8 Å². The van der Waals surface area contributed by atoms with Crippen molar-refractivity contribution in [3.63, 3.8) is 0 Å². The molecule has 1 aromatic carbocycles. The van der Waals surface area contributed by atoms with Gasteiger partial charge in [-0.15, -0.1) is 0 Å². The summed E-state index contributed by atoms with van der Waals surface area (Å²) in [5, 5.41) is 0. The molecule has 4 rings (SSSR count). The van der Waals surface area contributed by atoms with Crippen LogP contribution in [0.2, 0.25) is 0 Å². The summed E-state index contributed by atoms with van der Waals surface area (Å²) in [5.74, 6) is 0.520. The minimum Gasteiger partial charge on any atom is -0.399 e. The number of aryl methyl sites for hydroxylation is 1. The summed E-state index contributed by atoms with van der Waals surface area (Å²) in [4.78, 5) is 8.58. The lowest BCUT2D eigenvalue weighted by atomic mass is 10.2. The third-order valence-corrected chi connectivity index (χ3v) is 3.95. The van der Waals surface area contributed by atoms with Crippen LogP contribution in [0.4, 0.5) is 11.5 Å². The van der Waals surface area contributed by atoms with Crippen molar-refractivity contribution in [2.75, 3.05) is 11.5 Å². The molecule has 0 radical (unpaired) electrons. The number of nitrogens with two attached hydrogens (primary N) is 2. The highest BCUT2D eigenvalue weighted by atomic mass is 15.1. The Bertz CT molecular complexity index is 818. The molecule has 3 aromatic rings. The molecule has 0 spiro atoms. The van der Waals surface area contributed by atoms with Crippen molar-refractivity contribution in [1.82, 2.24) is 14.5 Å². The second-order valence-electron chi connectivity index (χ2n) is 5.17. The third kappa shape index (κ3) is 1.43. The Morgan fingerprint density at radius 2 is 2.00 bits per heavy atom. The first kappa shape index (κ1) is 11.3. The van der Waals surface area contributed by atoms with Crippen LogP contribution in [0.15, 0.2) is 30.6 Å². The average molecular weight is 265 g/mol. The van der Waals surface area contributed by atoms with Crippen molar-refractivity contribution in [3.05, 3.63) is 41.9 Å². The molecule has 0 aliphatic heterocycles. The van der Waals surface area contributed by atoms with Crippen molar-refractivity contribution >= 4 is 22.5 Å². The summed E-state index contributed by atoms with van der Waals surface area (Å²) in [6, 6.07) is 7.85. The summed E-state index contributed by atoms with van der Waals surface area (Å²) >= 11 is 0. The van der Waals surface area contributed by atoms with Gasteiger partial charge in [0.2, 0.25) is 0 Å². The summed E-state index contributed by atoms with van der Waals surface area (Å²) in [5.41, 5.74) is 18.3. The molecule has 100 valence electrons. The third-order valence-electron chi connectivity index (χ3n) is 3.95. The van der Waals surface area contributed by atoms with E-state index >= 15 is 0 Å². The van der Waals surface area contributed by atoms with Crippen LogP contribution in [0.1, 0.15) is 17.7 Å². The Morgan fingerprint density at radius 3 is 2.85 bits per heavy atom. The highest BCUT2D eigenvalue weighted by Gasteiger charge is 2.24. The number of benzene rings is 1. The van der Waals surface area contributed by atoms with Crippen LogP contribution in [0, 0.1) is 0 Å². The van der Waals surface area contributed by atoms with Gasteiger partial charge in [-0.3, -0.25) is 0 Å². The van der Waals surface area contributed by atoms with Crippen molar-refractivity contribution in [1.29, 1.82) is 0 Å². The van der Waals surface area contributed by atoms with Gasteiger partial charge in [-0.25, -0.2) is 9.97 Å². The zero-order chi connectivity index (χ0) is 13.7. The molecule has 0 saturated heterocycles. The average Bonchev–Trinajstić information content (AvgIpc) is 3.00. The van der Waals surface area contributed by atoms with E-state index in [1.54, 1.807) is 6.33 Å². The van der Waals surface area contributed by atoms with Gasteiger partial charge in [0.05, 0.1) is 5.52 Å². The van der Waals surface area contributed by atoms with E-state index in [4.69, 9.17) is 11.5 Å². The van der Waals surface area contributed by atoms with E-state index in [1.807, 2.05) is 24.3 Å². The molecule has 20 heavy (non-hydrogen) atoms. The van der Waals surface area contributed by atoms with Gasteiger partial charge in [-0.1, -0.05) is 6.07 Å². The molecule has 1 aliphatic carbocycles. The molecule has 4 N–H and O–H groups in total. The van der Waals surface area contributed by atoms with E-state index in [0.717, 1.165) is 41.7 Å². The first-order chi connectivity index (χ1) is 9.75. The Morgan fingerprint density at radius 1 is 1.10 bits per heavy atom. The van der Waals surface area contributed by atoms with Gasteiger partial charge in [0.25, 0.3) is 0 Å². The Hall–Kier alpha value is -2.56. The van der Waals surface area contributed by atoms with Gasteiger partial charge in [0.15, 0.2) is 5.82 Å². The van der Waals surface area contributed by atoms with E-state index in [-0.39, 0.29) is 0 Å². The molecular weight excluding hydrogens is 250 g/mol. The van der Waals surface area contributed by atoms with E-state index in [2.05, 4.69) is 14.5 Å². The lowest BCUT2D eigenvalue weighted by molar-refractivity contribution is 0.872. The molecule has 1 aliphatic rings. The standard InChI is InChI=1S/C15H15N5/c16-9-3-1-4-10(7-9)20-12-6-2-5-11(12)13-14(20)15(17)19-8-18-13/h1,3-4,7-8H,2,5-6,16H2,(H2,17,18,19). The van der Waals surface area contributed by atoms with E-state index in [9.17, 15) is 0 Å². The predicted molar refractivity (Wildman–Crippen MR) is 79.7 cm³/mol. The maximum absolute atomic E-state index is 6.09. The van der Waals surface area contributed by atoms with Gasteiger partial charge in [0.1, 0.15) is 11.8 Å². The van der Waals surface area contributed by atoms with Gasteiger partial charge in [-0.2, -0.15) is 0 Å². The highest BCUT2D eigenvalue weighted by Crippen LogP contribution is 2.36. The zero-order valence-corrected chi connectivity index (χ0v) is 11.0. The zero-order valence-electron chi connectivity index (χ0n) is 11.0. The van der Waals surface area contributed by atoms with Gasteiger partial charge in [-0.05, 0) is 43.0 Å². The molecule has 0 unspecified atom stereocenters. The highest BCUT2D eigenvalue weighted by molar-refractivity contribution is 5.91. The summed E-state index contributed by atoms with van der Waals surface area (Å²) in [7, 11) is 0. The number of nitrogen functional groups attached to an aromatic ring is 2. The fraction of sp³-hybridized carbons (Fsp3) is 0.200. The first-order valence-electron chi connectivity index (χ1n) is 6.74. The normalized spacial score (nSPS) is 13.8. The van der Waals surface area contributed by atoms with Gasteiger partial charge >= 0.3 is 0 Å². The summed E-state index contributed by atoms with van der Waals surface area (Å²) < 4.78 is 2.17. The number of aromatic nitrogens is 3. The lowest BCUT2D eigenvalue weighted by Gasteiger charge is -2.10. The van der Waals surface area contributed by atoms with Gasteiger partial charge in [0, 0.05) is 17.1 Å². The minimum atomic E-state index is 0.520. The predicted octanol–water partition coefficient (Wildman–Crippen LogP) is 2.07. The molecule has 0 fully saturated rings. The smallest absolute Gasteiger partial charge is 0.151 e. The second-order valence-corrected chi connectivity index (χ2v) is 5.17. The van der Waals surface area contributed by atoms with Crippen molar-refractivity contribution in [2.45, 2.75) is 19.3 Å². The fourth-order valence-electron chi connectivity index (χ4n) is 3.15. The molecule has 5 nitrogen and oxygen atoms in total. The molecule has 5 heteroatoms. The largest absolute Gasteiger partial charge is 0.399 e. The number of hydrogen-bond acceptors (Lipinski definition) is 4. The summed E-state index contributed by atoms with van der Waals surface area (Å²) in [6.45, 7) is 0. The molecular formula is C15H15N5. The number of nitrogens with zero attached hydrogens (tertiary/aromatic N) is 3. The van der Waals surface area contributed by atoms with Crippen LogP contribution < -0.4 is 11.5 Å². The monoisotopic (exact) mass is 265 g/mol. The van der Waals surface area contributed by atoms with Crippen LogP contribution >= 0.6 is 0 Å². The van der Waals surface area contributed by atoms with Crippen LogP contribution in [0.3, 0.4) is 0 Å². The molecule has 0 atom stereocenters. The Balaban J connectivity index is 2.13. The molecule has 0 amide bonds. The maximum Gasteiger partial charge on any atom is 0.151 e. The Kier molecular flexibility index (Phi) is 2.24.